The summed E-state index contributed by atoms with van der Waals surface area (Å²) in [6, 6.07) is 7.62. The smallest absolute Gasteiger partial charge is 0.224 e. The molecule has 0 radical (unpaired) electrons. The molecule has 1 aromatic rings. The molecule has 0 heterocycles. The van der Waals surface area contributed by atoms with Gasteiger partial charge in [0.2, 0.25) is 5.91 Å². The second-order valence-corrected chi connectivity index (χ2v) is 10.1. The third kappa shape index (κ3) is 4.66. The van der Waals surface area contributed by atoms with Crippen molar-refractivity contribution in [2.75, 3.05) is 11.4 Å². The summed E-state index contributed by atoms with van der Waals surface area (Å²) in [5.41, 5.74) is 4.96. The van der Waals surface area contributed by atoms with Gasteiger partial charge >= 0.3 is 0 Å². The van der Waals surface area contributed by atoms with E-state index in [1.54, 1.807) is 4.90 Å². The summed E-state index contributed by atoms with van der Waals surface area (Å²) in [7, 11) is -1.45. The minimum atomic E-state index is -1.45. The predicted octanol–water partition coefficient (Wildman–Crippen LogP) is 2.90. The Balaban J connectivity index is 3.24. The Morgan fingerprint density at radius 3 is 2.47 bits per heavy atom. The Morgan fingerprint density at radius 1 is 1.32 bits per heavy atom. The number of carbonyl (C=O) groups excluding carboxylic acids is 1. The Hall–Kier alpha value is -1.97. The molecule has 0 bridgehead atoms. The summed E-state index contributed by atoms with van der Waals surface area (Å²) < 4.78 is 0. The van der Waals surface area contributed by atoms with Crippen LogP contribution in [0.5, 0.6) is 0 Å². The minimum absolute atomic E-state index is 0.0693. The van der Waals surface area contributed by atoms with Crippen molar-refractivity contribution in [3.05, 3.63) is 29.8 Å². The number of benzene rings is 1. The van der Waals surface area contributed by atoms with E-state index in [-0.39, 0.29) is 12.5 Å². The summed E-state index contributed by atoms with van der Waals surface area (Å²) in [6.07, 6.45) is 5.32. The highest BCUT2D eigenvalue weighted by molar-refractivity contribution is 6.83. The molecule has 0 unspecified atom stereocenters. The van der Waals surface area contributed by atoms with Crippen LogP contribution in [0, 0.1) is 23.8 Å². The number of nitrogens with zero attached hydrogens (tertiary/aromatic N) is 1. The van der Waals surface area contributed by atoms with Crippen molar-refractivity contribution in [2.24, 2.45) is 0 Å². The lowest BCUT2D eigenvalue weighted by Crippen LogP contribution is -2.29. The van der Waals surface area contributed by atoms with Gasteiger partial charge in [-0.15, -0.1) is 12.0 Å². The summed E-state index contributed by atoms with van der Waals surface area (Å²) in [6.45, 7) is 8.34. The molecule has 19 heavy (non-hydrogen) atoms. The first-order valence-corrected chi connectivity index (χ1v) is 9.69. The van der Waals surface area contributed by atoms with Crippen LogP contribution >= 0.6 is 0 Å². The molecule has 1 rings (SSSR count). The van der Waals surface area contributed by atoms with E-state index in [9.17, 15) is 4.79 Å². The molecule has 3 heteroatoms. The van der Waals surface area contributed by atoms with Crippen molar-refractivity contribution in [1.29, 1.82) is 0 Å². The average molecular weight is 269 g/mol. The van der Waals surface area contributed by atoms with Crippen molar-refractivity contribution in [3.63, 3.8) is 0 Å². The zero-order valence-corrected chi connectivity index (χ0v) is 12.9. The maximum atomic E-state index is 11.7. The summed E-state index contributed by atoms with van der Waals surface area (Å²) in [4.78, 5) is 13.3. The molecule has 1 aromatic carbocycles. The largest absolute Gasteiger partial charge is 0.300 e. The third-order valence-electron chi connectivity index (χ3n) is 2.40. The van der Waals surface area contributed by atoms with Crippen LogP contribution in [0.25, 0.3) is 0 Å². The Morgan fingerprint density at radius 2 is 1.95 bits per heavy atom. The highest BCUT2D eigenvalue weighted by Gasteiger charge is 2.13. The zero-order valence-electron chi connectivity index (χ0n) is 11.9. The van der Waals surface area contributed by atoms with E-state index in [0.29, 0.717) is 0 Å². The first-order chi connectivity index (χ1) is 8.85. The molecule has 2 nitrogen and oxygen atoms in total. The van der Waals surface area contributed by atoms with Crippen molar-refractivity contribution in [1.82, 2.24) is 0 Å². The van der Waals surface area contributed by atoms with Crippen molar-refractivity contribution >= 4 is 19.7 Å². The fraction of sp³-hybridized carbons (Fsp3) is 0.312. The number of terminal acetylenes is 1. The van der Waals surface area contributed by atoms with Gasteiger partial charge in [0.05, 0.1) is 12.2 Å². The molecule has 0 aliphatic carbocycles. The lowest BCUT2D eigenvalue weighted by Gasteiger charge is -2.20. The Labute approximate surface area is 116 Å². The molecule has 0 saturated carbocycles. The van der Waals surface area contributed by atoms with Gasteiger partial charge in [0, 0.05) is 12.5 Å². The Bertz CT molecular complexity index is 567. The van der Waals surface area contributed by atoms with E-state index in [4.69, 9.17) is 6.42 Å². The van der Waals surface area contributed by atoms with Crippen LogP contribution in [0.1, 0.15) is 12.5 Å². The molecular formula is C16H19NOSi. The molecule has 0 aliphatic heterocycles. The highest BCUT2D eigenvalue weighted by atomic mass is 28.3. The van der Waals surface area contributed by atoms with Crippen molar-refractivity contribution < 1.29 is 4.79 Å². The van der Waals surface area contributed by atoms with Crippen LogP contribution in [0.15, 0.2) is 24.3 Å². The normalized spacial score (nSPS) is 10.1. The summed E-state index contributed by atoms with van der Waals surface area (Å²) in [5, 5.41) is 0. The van der Waals surface area contributed by atoms with Gasteiger partial charge in [0.1, 0.15) is 8.07 Å². The molecule has 0 fully saturated rings. The minimum Gasteiger partial charge on any atom is -0.300 e. The fourth-order valence-electron chi connectivity index (χ4n) is 1.53. The maximum absolute atomic E-state index is 11.7. The number of para-hydroxylation sites is 1. The second kappa shape index (κ2) is 6.27. The predicted molar refractivity (Wildman–Crippen MR) is 83.5 cm³/mol. The maximum Gasteiger partial charge on any atom is 0.224 e. The monoisotopic (exact) mass is 269 g/mol. The molecule has 98 valence electrons. The first-order valence-electron chi connectivity index (χ1n) is 6.19. The van der Waals surface area contributed by atoms with Gasteiger partial charge in [-0.25, -0.2) is 0 Å². The van der Waals surface area contributed by atoms with E-state index >= 15 is 0 Å². The molecule has 0 spiro atoms. The number of hydrogen-bond acceptors (Lipinski definition) is 1. The van der Waals surface area contributed by atoms with Crippen LogP contribution in [0.2, 0.25) is 19.6 Å². The van der Waals surface area contributed by atoms with E-state index < -0.39 is 8.07 Å². The van der Waals surface area contributed by atoms with Crippen LogP contribution in [-0.4, -0.2) is 20.5 Å². The average Bonchev–Trinajstić information content (AvgIpc) is 2.33. The lowest BCUT2D eigenvalue weighted by molar-refractivity contribution is -0.116. The van der Waals surface area contributed by atoms with Gasteiger partial charge < -0.3 is 0 Å². The van der Waals surface area contributed by atoms with Gasteiger partial charge in [-0.3, -0.25) is 9.69 Å². The standard InChI is InChI=1S/C16H19NOSi/c1-6-12-17(14(2)18)16-10-8-7-9-15(16)11-13-19(3,4)5/h1,7-10H,12H2,2-5H3. The van der Waals surface area contributed by atoms with E-state index in [1.807, 2.05) is 24.3 Å². The van der Waals surface area contributed by atoms with Gasteiger partial charge in [0.25, 0.3) is 0 Å². The zero-order chi connectivity index (χ0) is 14.5. The van der Waals surface area contributed by atoms with Gasteiger partial charge in [-0.1, -0.05) is 43.6 Å². The number of amides is 1. The van der Waals surface area contributed by atoms with Crippen LogP contribution < -0.4 is 4.90 Å². The fourth-order valence-corrected chi connectivity index (χ4v) is 2.04. The molecular weight excluding hydrogens is 250 g/mol. The molecule has 0 atom stereocenters. The van der Waals surface area contributed by atoms with Gasteiger partial charge in [0.15, 0.2) is 0 Å². The quantitative estimate of drug-likeness (QED) is 0.597. The van der Waals surface area contributed by atoms with E-state index in [1.165, 1.54) is 6.92 Å². The molecule has 1 amide bonds. The van der Waals surface area contributed by atoms with Crippen LogP contribution in [-0.2, 0) is 4.79 Å². The number of rotatable bonds is 2. The number of anilines is 1. The molecule has 0 saturated heterocycles. The number of carbonyl (C=O) groups is 1. The molecule has 0 N–H and O–H groups in total. The van der Waals surface area contributed by atoms with Crippen LogP contribution in [0.3, 0.4) is 0 Å². The van der Waals surface area contributed by atoms with Crippen molar-refractivity contribution in [3.8, 4) is 23.8 Å². The highest BCUT2D eigenvalue weighted by Crippen LogP contribution is 2.19. The van der Waals surface area contributed by atoms with Gasteiger partial charge in [-0.05, 0) is 12.1 Å². The van der Waals surface area contributed by atoms with Crippen LogP contribution in [0.4, 0.5) is 5.69 Å². The first kappa shape index (κ1) is 15.1. The van der Waals surface area contributed by atoms with Gasteiger partial charge in [-0.2, -0.15) is 0 Å². The molecule has 0 aliphatic rings. The summed E-state index contributed by atoms with van der Waals surface area (Å²) >= 11 is 0. The molecule has 0 aromatic heterocycles. The van der Waals surface area contributed by atoms with E-state index in [0.717, 1.165) is 11.3 Å². The van der Waals surface area contributed by atoms with E-state index in [2.05, 4.69) is 37.0 Å². The SMILES string of the molecule is C#CCN(C(C)=O)c1ccccc1C#C[Si](C)(C)C. The second-order valence-electron chi connectivity index (χ2n) is 5.33. The third-order valence-corrected chi connectivity index (χ3v) is 3.27. The van der Waals surface area contributed by atoms with Crippen molar-refractivity contribution in [2.45, 2.75) is 26.6 Å². The lowest BCUT2D eigenvalue weighted by atomic mass is 10.1. The number of hydrogen-bond donors (Lipinski definition) is 0. The summed E-state index contributed by atoms with van der Waals surface area (Å²) in [5.74, 6) is 5.64. The topological polar surface area (TPSA) is 20.3 Å². The Kier molecular flexibility index (Phi) is 4.98.